The number of carbonyl (C=O) groups excluding carboxylic acids is 2. The standard InChI is InChI=1S/C25H19Cl2FN2O5/c1-34-23-16(11-17(26)24(35-2)19(23)27)21(31)18-20(13-6-8-14(28)9-7-13)30(25(33)22(18)32)12-15-5-3-4-10-29-15/h3-11,20,31H,12H2,1-2H3/b21-18+. The molecule has 180 valence electrons. The molecule has 35 heavy (non-hydrogen) atoms. The minimum absolute atomic E-state index is 0.000743. The maximum Gasteiger partial charge on any atom is 0.296 e. The highest BCUT2D eigenvalue weighted by atomic mass is 35.5. The number of hydrogen-bond acceptors (Lipinski definition) is 6. The van der Waals surface area contributed by atoms with Gasteiger partial charge < -0.3 is 19.5 Å². The molecule has 0 spiro atoms. The molecular formula is C25H19Cl2FN2O5. The van der Waals surface area contributed by atoms with E-state index in [0.717, 1.165) is 0 Å². The van der Waals surface area contributed by atoms with E-state index in [0.29, 0.717) is 11.3 Å². The first-order valence-corrected chi connectivity index (χ1v) is 11.1. The summed E-state index contributed by atoms with van der Waals surface area (Å²) in [6.07, 6.45) is 1.56. The topological polar surface area (TPSA) is 89.0 Å². The van der Waals surface area contributed by atoms with Gasteiger partial charge in [-0.3, -0.25) is 14.6 Å². The number of rotatable bonds is 6. The molecule has 1 unspecified atom stereocenters. The summed E-state index contributed by atoms with van der Waals surface area (Å²) in [5.74, 6) is -2.71. The van der Waals surface area contributed by atoms with E-state index in [-0.39, 0.29) is 39.2 Å². The molecule has 1 aliphatic rings. The summed E-state index contributed by atoms with van der Waals surface area (Å²) in [6, 6.07) is 10.8. The van der Waals surface area contributed by atoms with Gasteiger partial charge in [-0.1, -0.05) is 41.4 Å². The van der Waals surface area contributed by atoms with E-state index in [4.69, 9.17) is 32.7 Å². The fourth-order valence-corrected chi connectivity index (χ4v) is 4.68. The lowest BCUT2D eigenvalue weighted by atomic mass is 9.95. The van der Waals surface area contributed by atoms with Crippen LogP contribution in [0.5, 0.6) is 11.5 Å². The number of ether oxygens (including phenoxy) is 2. The molecule has 0 radical (unpaired) electrons. The van der Waals surface area contributed by atoms with Crippen molar-refractivity contribution in [3.63, 3.8) is 0 Å². The van der Waals surface area contributed by atoms with E-state index >= 15 is 0 Å². The summed E-state index contributed by atoms with van der Waals surface area (Å²) in [5.41, 5.74) is 0.696. The van der Waals surface area contributed by atoms with Gasteiger partial charge in [-0.2, -0.15) is 0 Å². The molecule has 0 aliphatic carbocycles. The van der Waals surface area contributed by atoms with Crippen molar-refractivity contribution in [3.05, 3.63) is 93.0 Å². The second-order valence-electron chi connectivity index (χ2n) is 7.59. The van der Waals surface area contributed by atoms with E-state index in [2.05, 4.69) is 4.98 Å². The Morgan fingerprint density at radius 2 is 1.77 bits per heavy atom. The smallest absolute Gasteiger partial charge is 0.296 e. The Bertz CT molecular complexity index is 1330. The predicted molar refractivity (Wildman–Crippen MR) is 128 cm³/mol. The van der Waals surface area contributed by atoms with Gasteiger partial charge in [0.1, 0.15) is 16.6 Å². The molecule has 7 nitrogen and oxygen atoms in total. The average Bonchev–Trinajstić information content (AvgIpc) is 3.09. The third-order valence-electron chi connectivity index (χ3n) is 5.58. The van der Waals surface area contributed by atoms with Crippen molar-refractivity contribution in [2.45, 2.75) is 12.6 Å². The Kier molecular flexibility index (Phi) is 6.95. The molecule has 3 aromatic rings. The molecule has 1 fully saturated rings. The number of aliphatic hydroxyl groups is 1. The van der Waals surface area contributed by atoms with Crippen molar-refractivity contribution in [1.29, 1.82) is 0 Å². The Morgan fingerprint density at radius 3 is 2.37 bits per heavy atom. The normalized spacial score (nSPS) is 17.1. The van der Waals surface area contributed by atoms with Gasteiger partial charge in [-0.15, -0.1) is 0 Å². The van der Waals surface area contributed by atoms with E-state index < -0.39 is 29.3 Å². The van der Waals surface area contributed by atoms with Crippen LogP contribution in [0.3, 0.4) is 0 Å². The van der Waals surface area contributed by atoms with E-state index in [1.54, 1.807) is 24.4 Å². The molecule has 1 aliphatic heterocycles. The van der Waals surface area contributed by atoms with Crippen LogP contribution in [-0.4, -0.2) is 40.9 Å². The average molecular weight is 517 g/mol. The molecular weight excluding hydrogens is 498 g/mol. The molecule has 0 bridgehead atoms. The second-order valence-corrected chi connectivity index (χ2v) is 8.37. The molecule has 1 saturated heterocycles. The Morgan fingerprint density at radius 1 is 1.09 bits per heavy atom. The highest BCUT2D eigenvalue weighted by Gasteiger charge is 2.46. The minimum atomic E-state index is -1.04. The molecule has 0 saturated carbocycles. The van der Waals surface area contributed by atoms with E-state index in [1.165, 1.54) is 49.5 Å². The zero-order valence-corrected chi connectivity index (χ0v) is 20.1. The van der Waals surface area contributed by atoms with Crippen LogP contribution < -0.4 is 9.47 Å². The van der Waals surface area contributed by atoms with Crippen molar-refractivity contribution < 1.29 is 28.6 Å². The fraction of sp³-hybridized carbons (Fsp3) is 0.160. The molecule has 2 aromatic carbocycles. The molecule has 1 atom stereocenters. The number of nitrogens with zero attached hydrogens (tertiary/aromatic N) is 2. The quantitative estimate of drug-likeness (QED) is 0.276. The number of ketones is 1. The molecule has 10 heteroatoms. The number of aromatic nitrogens is 1. The number of pyridine rings is 1. The molecule has 1 aromatic heterocycles. The van der Waals surface area contributed by atoms with Gasteiger partial charge in [0.25, 0.3) is 11.7 Å². The summed E-state index contributed by atoms with van der Waals surface area (Å²) >= 11 is 12.6. The van der Waals surface area contributed by atoms with Gasteiger partial charge in [0, 0.05) is 6.20 Å². The van der Waals surface area contributed by atoms with Crippen LogP contribution in [0.2, 0.25) is 10.0 Å². The number of carbonyl (C=O) groups is 2. The number of halogens is 3. The monoisotopic (exact) mass is 516 g/mol. The van der Waals surface area contributed by atoms with Crippen LogP contribution >= 0.6 is 23.2 Å². The number of methoxy groups -OCH3 is 2. The molecule has 4 rings (SSSR count). The van der Waals surface area contributed by atoms with Crippen molar-refractivity contribution in [1.82, 2.24) is 9.88 Å². The van der Waals surface area contributed by atoms with E-state index in [9.17, 15) is 19.1 Å². The SMILES string of the molecule is COc1c(Cl)cc(/C(O)=C2\C(=O)C(=O)N(Cc3ccccn3)C2c2ccc(F)cc2)c(OC)c1Cl. The van der Waals surface area contributed by atoms with Crippen LogP contribution in [0, 0.1) is 5.82 Å². The number of likely N-dealkylation sites (tertiary alicyclic amines) is 1. The van der Waals surface area contributed by atoms with Gasteiger partial charge in [0.05, 0.1) is 48.7 Å². The van der Waals surface area contributed by atoms with Gasteiger partial charge in [0.2, 0.25) is 0 Å². The summed E-state index contributed by atoms with van der Waals surface area (Å²) < 4.78 is 24.2. The third kappa shape index (κ3) is 4.42. The lowest BCUT2D eigenvalue weighted by Gasteiger charge is -2.25. The number of Topliss-reactive ketones (excluding diaryl/α,β-unsaturated/α-hetero) is 1. The van der Waals surface area contributed by atoms with Crippen LogP contribution in [0.25, 0.3) is 5.76 Å². The van der Waals surface area contributed by atoms with Gasteiger partial charge in [-0.05, 0) is 35.9 Å². The number of hydrogen-bond donors (Lipinski definition) is 1. The highest BCUT2D eigenvalue weighted by molar-refractivity contribution is 6.47. The summed E-state index contributed by atoms with van der Waals surface area (Å²) in [7, 11) is 2.69. The highest BCUT2D eigenvalue weighted by Crippen LogP contribution is 2.47. The maximum absolute atomic E-state index is 13.7. The zero-order valence-electron chi connectivity index (χ0n) is 18.6. The first kappa shape index (κ1) is 24.5. The maximum atomic E-state index is 13.7. The minimum Gasteiger partial charge on any atom is -0.507 e. The third-order valence-corrected chi connectivity index (χ3v) is 6.20. The van der Waals surface area contributed by atoms with Crippen LogP contribution in [0.4, 0.5) is 4.39 Å². The second kappa shape index (κ2) is 9.93. The number of benzene rings is 2. The van der Waals surface area contributed by atoms with Gasteiger partial charge >= 0.3 is 0 Å². The lowest BCUT2D eigenvalue weighted by Crippen LogP contribution is -2.29. The first-order valence-electron chi connectivity index (χ1n) is 10.3. The van der Waals surface area contributed by atoms with Crippen molar-refractivity contribution in [2.24, 2.45) is 0 Å². The fourth-order valence-electron chi connectivity index (χ4n) is 3.99. The Hall–Kier alpha value is -3.62. The van der Waals surface area contributed by atoms with Gasteiger partial charge in [0.15, 0.2) is 11.5 Å². The molecule has 1 amide bonds. The van der Waals surface area contributed by atoms with Crippen LogP contribution in [-0.2, 0) is 16.1 Å². The van der Waals surface area contributed by atoms with Gasteiger partial charge in [-0.25, -0.2) is 4.39 Å². The summed E-state index contributed by atoms with van der Waals surface area (Å²) in [4.78, 5) is 31.8. The lowest BCUT2D eigenvalue weighted by molar-refractivity contribution is -0.140. The molecule has 1 N–H and O–H groups in total. The van der Waals surface area contributed by atoms with Crippen LogP contribution in [0.15, 0.2) is 60.3 Å². The number of amides is 1. The number of aliphatic hydroxyl groups excluding tert-OH is 1. The zero-order chi connectivity index (χ0) is 25.3. The molecule has 2 heterocycles. The van der Waals surface area contributed by atoms with Crippen molar-refractivity contribution >= 4 is 40.7 Å². The van der Waals surface area contributed by atoms with E-state index in [1.807, 2.05) is 0 Å². The summed E-state index contributed by atoms with van der Waals surface area (Å²) in [6.45, 7) is -0.0223. The summed E-state index contributed by atoms with van der Waals surface area (Å²) in [5, 5.41) is 11.4. The Balaban J connectivity index is 1.94. The van der Waals surface area contributed by atoms with Crippen LogP contribution in [0.1, 0.15) is 22.9 Å². The first-order chi connectivity index (χ1) is 16.8. The largest absolute Gasteiger partial charge is 0.507 e. The van der Waals surface area contributed by atoms with Crippen molar-refractivity contribution in [3.8, 4) is 11.5 Å². The Labute approximate surface area is 210 Å². The van der Waals surface area contributed by atoms with Crippen molar-refractivity contribution in [2.75, 3.05) is 14.2 Å². The predicted octanol–water partition coefficient (Wildman–Crippen LogP) is 5.17.